The second kappa shape index (κ2) is 4.17. The zero-order valence-electron chi connectivity index (χ0n) is 9.39. The molecule has 1 saturated heterocycles. The number of pyridine rings is 1. The fraction of sp³-hybridized carbons (Fsp3) is 0.154. The highest BCUT2D eigenvalue weighted by Crippen LogP contribution is 2.32. The fourth-order valence-corrected chi connectivity index (χ4v) is 2.61. The van der Waals surface area contributed by atoms with Gasteiger partial charge >= 0.3 is 0 Å². The molecule has 18 heavy (non-hydrogen) atoms. The topological polar surface area (TPSA) is 50.3 Å². The Morgan fingerprint density at radius 3 is 2.78 bits per heavy atom. The maximum absolute atomic E-state index is 11.8. The van der Waals surface area contributed by atoms with Crippen molar-refractivity contribution in [3.8, 4) is 0 Å². The number of ketones is 1. The number of rotatable bonds is 1. The minimum atomic E-state index is -0.146. The summed E-state index contributed by atoms with van der Waals surface area (Å²) < 4.78 is 0.875. The number of carbonyl (C=O) groups is 2. The van der Waals surface area contributed by atoms with Crippen molar-refractivity contribution in [1.29, 1.82) is 0 Å². The van der Waals surface area contributed by atoms with Gasteiger partial charge in [-0.25, -0.2) is 0 Å². The molecule has 4 nitrogen and oxygen atoms in total. The standard InChI is InChI=1S/C13H9BrN2O2/c14-10-3-4-11(9-2-1-5-15-13(9)10)16-7-8(17)6-12(16)18/h1-5H,6-7H2. The van der Waals surface area contributed by atoms with Crippen LogP contribution in [0.3, 0.4) is 0 Å². The number of aromatic nitrogens is 1. The molecule has 2 aromatic rings. The molecule has 5 heteroatoms. The molecule has 0 atom stereocenters. The molecular weight excluding hydrogens is 296 g/mol. The van der Waals surface area contributed by atoms with E-state index in [9.17, 15) is 9.59 Å². The van der Waals surface area contributed by atoms with Crippen LogP contribution in [0.4, 0.5) is 5.69 Å². The molecule has 0 spiro atoms. The lowest BCUT2D eigenvalue weighted by atomic mass is 10.1. The van der Waals surface area contributed by atoms with E-state index < -0.39 is 0 Å². The van der Waals surface area contributed by atoms with Crippen molar-refractivity contribution in [2.45, 2.75) is 6.42 Å². The Kier molecular flexibility index (Phi) is 2.63. The van der Waals surface area contributed by atoms with Crippen LogP contribution in [0.2, 0.25) is 0 Å². The number of amides is 1. The molecule has 0 N–H and O–H groups in total. The average Bonchev–Trinajstić information content (AvgIpc) is 2.69. The molecule has 0 unspecified atom stereocenters. The van der Waals surface area contributed by atoms with Gasteiger partial charge in [-0.3, -0.25) is 14.6 Å². The first-order valence-electron chi connectivity index (χ1n) is 5.52. The lowest BCUT2D eigenvalue weighted by molar-refractivity contribution is -0.121. The Bertz CT molecular complexity index is 669. The van der Waals surface area contributed by atoms with Gasteiger partial charge in [-0.1, -0.05) is 0 Å². The second-order valence-corrected chi connectivity index (χ2v) is 5.02. The zero-order valence-corrected chi connectivity index (χ0v) is 11.0. The van der Waals surface area contributed by atoms with Crippen LogP contribution in [-0.4, -0.2) is 23.2 Å². The first kappa shape index (κ1) is 11.3. The Balaban J connectivity index is 2.21. The predicted molar refractivity (Wildman–Crippen MR) is 71.4 cm³/mol. The van der Waals surface area contributed by atoms with Crippen molar-refractivity contribution < 1.29 is 9.59 Å². The van der Waals surface area contributed by atoms with E-state index in [2.05, 4.69) is 20.9 Å². The third-order valence-corrected chi connectivity index (χ3v) is 3.61. The molecule has 3 rings (SSSR count). The molecule has 0 bridgehead atoms. The highest BCUT2D eigenvalue weighted by molar-refractivity contribution is 9.10. The van der Waals surface area contributed by atoms with Gasteiger partial charge in [0.1, 0.15) is 0 Å². The molecule has 0 aliphatic carbocycles. The van der Waals surface area contributed by atoms with Crippen molar-refractivity contribution in [2.24, 2.45) is 0 Å². The van der Waals surface area contributed by atoms with E-state index in [1.54, 1.807) is 6.20 Å². The number of halogens is 1. The number of anilines is 1. The van der Waals surface area contributed by atoms with Gasteiger partial charge in [0.2, 0.25) is 5.91 Å². The summed E-state index contributed by atoms with van der Waals surface area (Å²) in [4.78, 5) is 29.0. The smallest absolute Gasteiger partial charge is 0.234 e. The minimum Gasteiger partial charge on any atom is -0.304 e. The molecule has 1 amide bonds. The van der Waals surface area contributed by atoms with Gasteiger partial charge in [-0.2, -0.15) is 0 Å². The lowest BCUT2D eigenvalue weighted by Gasteiger charge is -2.17. The molecular formula is C13H9BrN2O2. The monoisotopic (exact) mass is 304 g/mol. The summed E-state index contributed by atoms with van der Waals surface area (Å²) in [5, 5.41) is 0.870. The first-order chi connectivity index (χ1) is 8.66. The van der Waals surface area contributed by atoms with Gasteiger partial charge in [0.15, 0.2) is 5.78 Å². The molecule has 1 aromatic heterocycles. The molecule has 0 radical (unpaired) electrons. The van der Waals surface area contributed by atoms with Crippen LogP contribution in [0.25, 0.3) is 10.9 Å². The largest absolute Gasteiger partial charge is 0.304 e. The van der Waals surface area contributed by atoms with Crippen LogP contribution in [-0.2, 0) is 9.59 Å². The predicted octanol–water partition coefficient (Wildman–Crippen LogP) is 2.30. The van der Waals surface area contributed by atoms with Crippen LogP contribution in [0, 0.1) is 0 Å². The van der Waals surface area contributed by atoms with Crippen LogP contribution >= 0.6 is 15.9 Å². The molecule has 1 fully saturated rings. The van der Waals surface area contributed by atoms with Crippen LogP contribution in [0.1, 0.15) is 6.42 Å². The molecule has 0 saturated carbocycles. The third-order valence-electron chi connectivity index (χ3n) is 2.97. The van der Waals surface area contributed by atoms with Crippen LogP contribution < -0.4 is 4.90 Å². The van der Waals surface area contributed by atoms with E-state index >= 15 is 0 Å². The molecule has 1 aliphatic heterocycles. The number of carbonyl (C=O) groups excluding carboxylic acids is 2. The number of fused-ring (bicyclic) bond motifs is 1. The maximum Gasteiger partial charge on any atom is 0.234 e. The number of benzene rings is 1. The summed E-state index contributed by atoms with van der Waals surface area (Å²) in [6.07, 6.45) is 1.70. The van der Waals surface area contributed by atoms with Gasteiger partial charge < -0.3 is 4.90 Å². The Labute approximate surface area is 112 Å². The zero-order chi connectivity index (χ0) is 12.7. The second-order valence-electron chi connectivity index (χ2n) is 4.16. The Morgan fingerprint density at radius 1 is 1.22 bits per heavy atom. The van der Waals surface area contributed by atoms with E-state index in [1.165, 1.54) is 4.90 Å². The molecule has 90 valence electrons. The van der Waals surface area contributed by atoms with Crippen molar-refractivity contribution >= 4 is 44.2 Å². The van der Waals surface area contributed by atoms with Crippen LogP contribution in [0.15, 0.2) is 34.9 Å². The highest BCUT2D eigenvalue weighted by Gasteiger charge is 2.29. The van der Waals surface area contributed by atoms with Gasteiger partial charge in [0, 0.05) is 16.1 Å². The lowest BCUT2D eigenvalue weighted by Crippen LogP contribution is -2.24. The maximum atomic E-state index is 11.8. The molecule has 1 aromatic carbocycles. The van der Waals surface area contributed by atoms with E-state index in [0.29, 0.717) is 0 Å². The highest BCUT2D eigenvalue weighted by atomic mass is 79.9. The normalized spacial score (nSPS) is 15.7. The van der Waals surface area contributed by atoms with E-state index in [1.807, 2.05) is 24.3 Å². The number of nitrogens with zero attached hydrogens (tertiary/aromatic N) is 2. The summed E-state index contributed by atoms with van der Waals surface area (Å²) >= 11 is 3.43. The summed E-state index contributed by atoms with van der Waals surface area (Å²) in [6, 6.07) is 7.41. The summed E-state index contributed by atoms with van der Waals surface area (Å²) in [5.74, 6) is -0.188. The fourth-order valence-electron chi connectivity index (χ4n) is 2.16. The number of hydrogen-bond acceptors (Lipinski definition) is 3. The summed E-state index contributed by atoms with van der Waals surface area (Å²) in [6.45, 7) is 0.157. The average molecular weight is 305 g/mol. The van der Waals surface area contributed by atoms with Gasteiger partial charge in [-0.15, -0.1) is 0 Å². The van der Waals surface area contributed by atoms with Crippen molar-refractivity contribution in [1.82, 2.24) is 4.98 Å². The Hall–Kier alpha value is -1.75. The van der Waals surface area contributed by atoms with Crippen molar-refractivity contribution in [2.75, 3.05) is 11.4 Å². The van der Waals surface area contributed by atoms with Crippen LogP contribution in [0.5, 0.6) is 0 Å². The summed E-state index contributed by atoms with van der Waals surface area (Å²) in [5.41, 5.74) is 1.54. The van der Waals surface area contributed by atoms with Crippen molar-refractivity contribution in [3.63, 3.8) is 0 Å². The number of hydrogen-bond donors (Lipinski definition) is 0. The molecule has 2 heterocycles. The minimum absolute atomic E-state index is 0.00216. The third kappa shape index (κ3) is 1.71. The quantitative estimate of drug-likeness (QED) is 0.760. The van der Waals surface area contributed by atoms with Gasteiger partial charge in [0.25, 0.3) is 0 Å². The van der Waals surface area contributed by atoms with Gasteiger partial charge in [-0.05, 0) is 40.2 Å². The van der Waals surface area contributed by atoms with Crippen molar-refractivity contribution in [3.05, 3.63) is 34.9 Å². The van der Waals surface area contributed by atoms with Gasteiger partial charge in [0.05, 0.1) is 24.2 Å². The SMILES string of the molecule is O=C1CC(=O)N(c2ccc(Br)c3ncccc23)C1. The summed E-state index contributed by atoms with van der Waals surface area (Å²) in [7, 11) is 0. The Morgan fingerprint density at radius 2 is 2.06 bits per heavy atom. The van der Waals surface area contributed by atoms with E-state index in [4.69, 9.17) is 0 Å². The number of Topliss-reactive ketones (excluding diaryl/α,β-unsaturated/α-hetero) is 1. The van der Waals surface area contributed by atoms with E-state index in [-0.39, 0.29) is 24.7 Å². The molecule has 1 aliphatic rings. The van der Waals surface area contributed by atoms with E-state index in [0.717, 1.165) is 21.1 Å². The first-order valence-corrected chi connectivity index (χ1v) is 6.31.